The Kier molecular flexibility index (Phi) is 4.32. The van der Waals surface area contributed by atoms with E-state index < -0.39 is 0 Å². The number of halogens is 1. The van der Waals surface area contributed by atoms with Crippen LogP contribution >= 0.6 is 22.9 Å². The van der Waals surface area contributed by atoms with E-state index in [0.717, 1.165) is 37.7 Å². The Morgan fingerprint density at radius 3 is 2.60 bits per heavy atom. The Morgan fingerprint density at radius 1 is 1.20 bits per heavy atom. The standard InChI is InChI=1S/C16H16ClN5O2S/c17-13-3-1-12(2-4-13)11-19-5-7-20(8-6-19)14-15(22(23)24)21-9-10-25-16(21)18-14/h1-4,9-10H,5-8,11H2. The van der Waals surface area contributed by atoms with Gasteiger partial charge in [0.15, 0.2) is 0 Å². The summed E-state index contributed by atoms with van der Waals surface area (Å²) in [5.74, 6) is 0.533. The molecule has 3 heterocycles. The van der Waals surface area contributed by atoms with Crippen molar-refractivity contribution in [2.24, 2.45) is 0 Å². The summed E-state index contributed by atoms with van der Waals surface area (Å²) in [7, 11) is 0. The molecule has 0 radical (unpaired) electrons. The van der Waals surface area contributed by atoms with Crippen molar-refractivity contribution < 1.29 is 4.92 Å². The summed E-state index contributed by atoms with van der Waals surface area (Å²) in [6.45, 7) is 3.97. The minimum absolute atomic E-state index is 0.0578. The molecule has 1 saturated heterocycles. The molecule has 0 spiro atoms. The monoisotopic (exact) mass is 377 g/mol. The molecule has 0 unspecified atom stereocenters. The third-order valence-corrected chi connectivity index (χ3v) is 5.39. The molecule has 1 aliphatic rings. The predicted molar refractivity (Wildman–Crippen MR) is 98.7 cm³/mol. The van der Waals surface area contributed by atoms with E-state index in [0.29, 0.717) is 10.8 Å². The molecule has 130 valence electrons. The number of nitrogens with zero attached hydrogens (tertiary/aromatic N) is 5. The quantitative estimate of drug-likeness (QED) is 0.515. The highest BCUT2D eigenvalue weighted by Gasteiger charge is 2.29. The number of aromatic nitrogens is 2. The molecule has 25 heavy (non-hydrogen) atoms. The zero-order valence-electron chi connectivity index (χ0n) is 13.3. The first-order chi connectivity index (χ1) is 12.1. The molecule has 9 heteroatoms. The van der Waals surface area contributed by atoms with Gasteiger partial charge in [-0.05, 0) is 22.6 Å². The van der Waals surface area contributed by atoms with Crippen molar-refractivity contribution in [2.75, 3.05) is 31.1 Å². The third-order valence-electron chi connectivity index (χ3n) is 4.38. The first-order valence-corrected chi connectivity index (χ1v) is 9.19. The molecule has 1 aliphatic heterocycles. The first kappa shape index (κ1) is 16.3. The number of benzene rings is 1. The van der Waals surface area contributed by atoms with Crippen LogP contribution in [0.15, 0.2) is 35.8 Å². The average Bonchev–Trinajstić information content (AvgIpc) is 3.18. The van der Waals surface area contributed by atoms with E-state index in [1.54, 1.807) is 10.6 Å². The molecule has 0 aliphatic carbocycles. The predicted octanol–water partition coefficient (Wildman–Crippen LogP) is 3.28. The minimum atomic E-state index is -0.345. The van der Waals surface area contributed by atoms with Gasteiger partial charge in [0.1, 0.15) is 6.20 Å². The summed E-state index contributed by atoms with van der Waals surface area (Å²) in [6.07, 6.45) is 1.70. The smallest absolute Gasteiger partial charge is 0.358 e. The zero-order valence-corrected chi connectivity index (χ0v) is 14.9. The molecule has 0 saturated carbocycles. The van der Waals surface area contributed by atoms with Gasteiger partial charge in [-0.2, -0.15) is 9.38 Å². The number of nitro groups is 1. The first-order valence-electron chi connectivity index (χ1n) is 7.93. The fourth-order valence-corrected chi connectivity index (χ4v) is 3.94. The van der Waals surface area contributed by atoms with E-state index in [4.69, 9.17) is 11.6 Å². The molecule has 3 aromatic rings. The molecule has 0 atom stereocenters. The number of piperazine rings is 1. The number of hydrogen-bond acceptors (Lipinski definition) is 6. The van der Waals surface area contributed by atoms with Crippen LogP contribution in [0, 0.1) is 10.1 Å². The van der Waals surface area contributed by atoms with Crippen LogP contribution < -0.4 is 4.90 Å². The van der Waals surface area contributed by atoms with Crippen molar-refractivity contribution in [3.05, 3.63) is 56.5 Å². The van der Waals surface area contributed by atoms with Gasteiger partial charge in [-0.1, -0.05) is 35.1 Å². The maximum absolute atomic E-state index is 11.5. The normalized spacial score (nSPS) is 15.8. The van der Waals surface area contributed by atoms with Crippen LogP contribution in [0.1, 0.15) is 5.56 Å². The van der Waals surface area contributed by atoms with Gasteiger partial charge < -0.3 is 15.0 Å². The van der Waals surface area contributed by atoms with Gasteiger partial charge in [0, 0.05) is 43.1 Å². The van der Waals surface area contributed by atoms with Gasteiger partial charge in [-0.25, -0.2) is 0 Å². The largest absolute Gasteiger partial charge is 0.373 e. The molecular formula is C16H16ClN5O2S. The number of hydrogen-bond donors (Lipinski definition) is 0. The molecule has 1 aromatic carbocycles. The lowest BCUT2D eigenvalue weighted by Gasteiger charge is -2.34. The van der Waals surface area contributed by atoms with Crippen molar-refractivity contribution >= 4 is 39.5 Å². The molecule has 0 amide bonds. The minimum Gasteiger partial charge on any atom is -0.358 e. The number of imidazole rings is 1. The number of anilines is 1. The molecule has 2 aromatic heterocycles. The SMILES string of the molecule is O=[N+]([O-])c1c(N2CCN(Cc3ccc(Cl)cc3)CC2)nc2sccn12. The molecule has 1 fully saturated rings. The van der Waals surface area contributed by atoms with E-state index in [-0.39, 0.29) is 10.7 Å². The third kappa shape index (κ3) is 3.20. The van der Waals surface area contributed by atoms with Crippen LogP contribution in [0.5, 0.6) is 0 Å². The second-order valence-corrected chi connectivity index (χ2v) is 7.27. The zero-order chi connectivity index (χ0) is 17.4. The lowest BCUT2D eigenvalue weighted by molar-refractivity contribution is -0.389. The number of thiazole rings is 1. The molecular weight excluding hydrogens is 362 g/mol. The lowest BCUT2D eigenvalue weighted by Crippen LogP contribution is -2.46. The van der Waals surface area contributed by atoms with Crippen molar-refractivity contribution in [1.29, 1.82) is 0 Å². The van der Waals surface area contributed by atoms with Crippen LogP contribution in [0.25, 0.3) is 4.96 Å². The summed E-state index contributed by atoms with van der Waals surface area (Å²) in [5.41, 5.74) is 1.21. The van der Waals surface area contributed by atoms with Gasteiger partial charge in [0.2, 0.25) is 5.82 Å². The van der Waals surface area contributed by atoms with E-state index in [1.165, 1.54) is 16.9 Å². The fourth-order valence-electron chi connectivity index (χ4n) is 3.11. The lowest BCUT2D eigenvalue weighted by atomic mass is 10.2. The van der Waals surface area contributed by atoms with E-state index >= 15 is 0 Å². The van der Waals surface area contributed by atoms with Crippen LogP contribution in [0.4, 0.5) is 11.6 Å². The highest BCUT2D eigenvalue weighted by Crippen LogP contribution is 2.31. The summed E-state index contributed by atoms with van der Waals surface area (Å²) >= 11 is 7.33. The van der Waals surface area contributed by atoms with Gasteiger partial charge >= 0.3 is 5.82 Å². The Labute approximate surface area is 153 Å². The van der Waals surface area contributed by atoms with Crippen molar-refractivity contribution in [3.63, 3.8) is 0 Å². The van der Waals surface area contributed by atoms with E-state index in [2.05, 4.69) is 9.88 Å². The fraction of sp³-hybridized carbons (Fsp3) is 0.312. The molecule has 7 nitrogen and oxygen atoms in total. The Balaban J connectivity index is 1.47. The average molecular weight is 378 g/mol. The van der Waals surface area contributed by atoms with Gasteiger partial charge in [-0.3, -0.25) is 4.90 Å². The second kappa shape index (κ2) is 6.62. The second-order valence-electron chi connectivity index (χ2n) is 5.96. The van der Waals surface area contributed by atoms with Crippen molar-refractivity contribution in [1.82, 2.24) is 14.3 Å². The van der Waals surface area contributed by atoms with Gasteiger partial charge in [0.05, 0.1) is 0 Å². The summed E-state index contributed by atoms with van der Waals surface area (Å²) in [6, 6.07) is 7.86. The Hall–Kier alpha value is -2.16. The highest BCUT2D eigenvalue weighted by molar-refractivity contribution is 7.15. The van der Waals surface area contributed by atoms with Crippen LogP contribution in [-0.4, -0.2) is 45.4 Å². The Morgan fingerprint density at radius 2 is 1.92 bits per heavy atom. The number of fused-ring (bicyclic) bond motifs is 1. The number of rotatable bonds is 4. The molecule has 0 N–H and O–H groups in total. The van der Waals surface area contributed by atoms with Gasteiger partial charge in [0.25, 0.3) is 4.96 Å². The Bertz CT molecular complexity index is 899. The molecule has 0 bridgehead atoms. The topological polar surface area (TPSA) is 66.9 Å². The molecule has 4 rings (SSSR count). The van der Waals surface area contributed by atoms with E-state index in [9.17, 15) is 10.1 Å². The van der Waals surface area contributed by atoms with Crippen LogP contribution in [-0.2, 0) is 6.54 Å². The van der Waals surface area contributed by atoms with E-state index in [1.807, 2.05) is 34.5 Å². The summed E-state index contributed by atoms with van der Waals surface area (Å²) < 4.78 is 1.56. The van der Waals surface area contributed by atoms with Gasteiger partial charge in [-0.15, -0.1) is 0 Å². The van der Waals surface area contributed by atoms with Crippen LogP contribution in [0.2, 0.25) is 5.02 Å². The van der Waals surface area contributed by atoms with Crippen molar-refractivity contribution in [3.8, 4) is 0 Å². The highest BCUT2D eigenvalue weighted by atomic mass is 35.5. The van der Waals surface area contributed by atoms with Crippen molar-refractivity contribution in [2.45, 2.75) is 6.54 Å². The maximum Gasteiger partial charge on any atom is 0.373 e. The maximum atomic E-state index is 11.5. The van der Waals surface area contributed by atoms with Crippen LogP contribution in [0.3, 0.4) is 0 Å². The summed E-state index contributed by atoms with van der Waals surface area (Å²) in [5, 5.41) is 14.0. The summed E-state index contributed by atoms with van der Waals surface area (Å²) in [4.78, 5) is 20.6.